The molecule has 0 aromatic rings. The lowest BCUT2D eigenvalue weighted by molar-refractivity contribution is -0.167. The number of carbonyl (C=O) groups is 3. The molecule has 0 radical (unpaired) electrons. The van der Waals surface area contributed by atoms with Gasteiger partial charge in [0, 0.05) is 6.42 Å². The topological polar surface area (TPSA) is 69.7 Å². The molecule has 1 fully saturated rings. The Balaban J connectivity index is 2.60. The standard InChI is InChI=1S/C15H20O5/c1-9-10-5-4-6-11(13(17)19-2)15(10,14(18)20-3)8-7-12(9)16/h11H,4-8H2,1-3H3/t11-,15-/m0/s1. The molecule has 5 heteroatoms. The van der Waals surface area contributed by atoms with Crippen LogP contribution in [0.2, 0.25) is 0 Å². The fourth-order valence-corrected chi connectivity index (χ4v) is 3.69. The van der Waals surface area contributed by atoms with Crippen molar-refractivity contribution in [2.24, 2.45) is 11.3 Å². The number of methoxy groups -OCH3 is 2. The molecule has 0 amide bonds. The van der Waals surface area contributed by atoms with Crippen LogP contribution in [-0.2, 0) is 23.9 Å². The summed E-state index contributed by atoms with van der Waals surface area (Å²) < 4.78 is 9.83. The Labute approximate surface area is 118 Å². The minimum Gasteiger partial charge on any atom is -0.469 e. The predicted octanol–water partition coefficient (Wildman–Crippen LogP) is 1.80. The van der Waals surface area contributed by atoms with Gasteiger partial charge in [0.25, 0.3) is 0 Å². The van der Waals surface area contributed by atoms with E-state index in [0.717, 1.165) is 12.0 Å². The number of hydrogen-bond acceptors (Lipinski definition) is 5. The summed E-state index contributed by atoms with van der Waals surface area (Å²) in [5, 5.41) is 0. The Morgan fingerprint density at radius 2 is 1.90 bits per heavy atom. The summed E-state index contributed by atoms with van der Waals surface area (Å²) in [5.41, 5.74) is 0.399. The molecule has 5 nitrogen and oxygen atoms in total. The maximum absolute atomic E-state index is 12.4. The van der Waals surface area contributed by atoms with Crippen LogP contribution in [0.4, 0.5) is 0 Å². The van der Waals surface area contributed by atoms with Crippen LogP contribution in [0.25, 0.3) is 0 Å². The first-order valence-electron chi connectivity index (χ1n) is 6.88. The summed E-state index contributed by atoms with van der Waals surface area (Å²) in [6.07, 6.45) is 2.65. The average Bonchev–Trinajstić information content (AvgIpc) is 2.48. The molecule has 2 aliphatic carbocycles. The molecule has 2 rings (SSSR count). The number of hydrogen-bond donors (Lipinski definition) is 0. The van der Waals surface area contributed by atoms with Crippen LogP contribution in [0, 0.1) is 11.3 Å². The second-order valence-electron chi connectivity index (χ2n) is 5.46. The molecule has 2 aliphatic rings. The van der Waals surface area contributed by atoms with E-state index in [1.165, 1.54) is 14.2 Å². The number of Topliss-reactive ketones (excluding diaryl/α,β-unsaturated/α-hetero) is 1. The van der Waals surface area contributed by atoms with Crippen molar-refractivity contribution in [3.05, 3.63) is 11.1 Å². The van der Waals surface area contributed by atoms with E-state index >= 15 is 0 Å². The molecule has 0 N–H and O–H groups in total. The summed E-state index contributed by atoms with van der Waals surface area (Å²) in [6.45, 7) is 1.74. The van der Waals surface area contributed by atoms with E-state index < -0.39 is 23.3 Å². The molecule has 110 valence electrons. The number of fused-ring (bicyclic) bond motifs is 1. The van der Waals surface area contributed by atoms with Crippen molar-refractivity contribution >= 4 is 17.7 Å². The zero-order valence-electron chi connectivity index (χ0n) is 12.2. The van der Waals surface area contributed by atoms with Gasteiger partial charge in [0.15, 0.2) is 5.78 Å². The maximum Gasteiger partial charge on any atom is 0.316 e. The molecule has 0 aromatic carbocycles. The van der Waals surface area contributed by atoms with Gasteiger partial charge in [-0.15, -0.1) is 0 Å². The Morgan fingerprint density at radius 1 is 1.20 bits per heavy atom. The van der Waals surface area contributed by atoms with Crippen LogP contribution in [0.3, 0.4) is 0 Å². The molecule has 0 spiro atoms. The number of ether oxygens (including phenoxy) is 2. The molecule has 0 bridgehead atoms. The van der Waals surface area contributed by atoms with Gasteiger partial charge >= 0.3 is 11.9 Å². The third-order valence-corrected chi connectivity index (χ3v) is 4.71. The lowest BCUT2D eigenvalue weighted by atomic mass is 9.57. The minimum atomic E-state index is -1.00. The quantitative estimate of drug-likeness (QED) is 0.721. The van der Waals surface area contributed by atoms with Crippen molar-refractivity contribution in [2.45, 2.75) is 39.0 Å². The molecule has 1 saturated carbocycles. The molecule has 0 aliphatic heterocycles. The van der Waals surface area contributed by atoms with Crippen LogP contribution in [0.5, 0.6) is 0 Å². The molecule has 0 aromatic heterocycles. The highest BCUT2D eigenvalue weighted by atomic mass is 16.5. The minimum absolute atomic E-state index is 0.0602. The van der Waals surface area contributed by atoms with Gasteiger partial charge in [0.05, 0.1) is 20.1 Å². The van der Waals surface area contributed by atoms with Gasteiger partial charge in [-0.05, 0) is 43.8 Å². The molecule has 20 heavy (non-hydrogen) atoms. The molecule has 2 atom stereocenters. The van der Waals surface area contributed by atoms with Crippen molar-refractivity contribution in [1.82, 2.24) is 0 Å². The first kappa shape index (κ1) is 14.8. The van der Waals surface area contributed by atoms with Crippen LogP contribution in [-0.4, -0.2) is 31.9 Å². The summed E-state index contributed by atoms with van der Waals surface area (Å²) in [4.78, 5) is 36.5. The zero-order valence-corrected chi connectivity index (χ0v) is 12.2. The average molecular weight is 280 g/mol. The molecule has 0 heterocycles. The van der Waals surface area contributed by atoms with Crippen molar-refractivity contribution in [3.63, 3.8) is 0 Å². The van der Waals surface area contributed by atoms with Crippen molar-refractivity contribution in [2.75, 3.05) is 14.2 Å². The summed E-state index contributed by atoms with van der Waals surface area (Å²) >= 11 is 0. The van der Waals surface area contributed by atoms with Gasteiger partial charge in [-0.3, -0.25) is 14.4 Å². The monoisotopic (exact) mass is 280 g/mol. The largest absolute Gasteiger partial charge is 0.469 e. The van der Waals surface area contributed by atoms with E-state index in [4.69, 9.17) is 9.47 Å². The Bertz CT molecular complexity index is 490. The van der Waals surface area contributed by atoms with Gasteiger partial charge in [0.2, 0.25) is 0 Å². The van der Waals surface area contributed by atoms with Gasteiger partial charge < -0.3 is 9.47 Å². The van der Waals surface area contributed by atoms with Crippen LogP contribution < -0.4 is 0 Å². The number of allylic oxidation sites excluding steroid dienone is 1. The molecular formula is C15H20O5. The predicted molar refractivity (Wildman–Crippen MR) is 70.7 cm³/mol. The van der Waals surface area contributed by atoms with E-state index in [1.807, 2.05) is 0 Å². The van der Waals surface area contributed by atoms with Gasteiger partial charge in [-0.25, -0.2) is 0 Å². The van der Waals surface area contributed by atoms with Crippen LogP contribution >= 0.6 is 0 Å². The number of esters is 2. The lowest BCUT2D eigenvalue weighted by Crippen LogP contribution is -2.50. The lowest BCUT2D eigenvalue weighted by Gasteiger charge is -2.45. The summed E-state index contributed by atoms with van der Waals surface area (Å²) in [6, 6.07) is 0. The van der Waals surface area contributed by atoms with Gasteiger partial charge in [0.1, 0.15) is 5.41 Å². The highest BCUT2D eigenvalue weighted by Gasteiger charge is 2.57. The maximum atomic E-state index is 12.4. The Kier molecular flexibility index (Phi) is 3.97. The smallest absolute Gasteiger partial charge is 0.316 e. The highest BCUT2D eigenvalue weighted by molar-refractivity contribution is 6.01. The van der Waals surface area contributed by atoms with Crippen molar-refractivity contribution in [3.8, 4) is 0 Å². The van der Waals surface area contributed by atoms with Gasteiger partial charge in [-0.2, -0.15) is 0 Å². The fourth-order valence-electron chi connectivity index (χ4n) is 3.69. The third kappa shape index (κ3) is 1.96. The van der Waals surface area contributed by atoms with Crippen molar-refractivity contribution < 1.29 is 23.9 Å². The van der Waals surface area contributed by atoms with E-state index in [-0.39, 0.29) is 12.2 Å². The number of ketones is 1. The second-order valence-corrected chi connectivity index (χ2v) is 5.46. The normalized spacial score (nSPS) is 29.8. The SMILES string of the molecule is COC(=O)[C@@H]1CCCC2=C(C)C(=O)CC[C@]21C(=O)OC. The van der Waals surface area contributed by atoms with Gasteiger partial charge in [-0.1, -0.05) is 0 Å². The Hall–Kier alpha value is -1.65. The highest BCUT2D eigenvalue weighted by Crippen LogP contribution is 2.53. The van der Waals surface area contributed by atoms with Crippen LogP contribution in [0.1, 0.15) is 39.0 Å². The third-order valence-electron chi connectivity index (χ3n) is 4.71. The molecular weight excluding hydrogens is 260 g/mol. The van der Waals surface area contributed by atoms with E-state index in [2.05, 4.69) is 0 Å². The number of carbonyl (C=O) groups excluding carboxylic acids is 3. The summed E-state index contributed by atoms with van der Waals surface area (Å²) in [7, 11) is 2.65. The molecule has 0 unspecified atom stereocenters. The van der Waals surface area contributed by atoms with Crippen molar-refractivity contribution in [1.29, 1.82) is 0 Å². The Morgan fingerprint density at radius 3 is 2.50 bits per heavy atom. The fraction of sp³-hybridized carbons (Fsp3) is 0.667. The molecule has 0 saturated heterocycles. The van der Waals surface area contributed by atoms with E-state index in [1.54, 1.807) is 6.92 Å². The number of rotatable bonds is 2. The zero-order chi connectivity index (χ0) is 14.9. The first-order valence-corrected chi connectivity index (χ1v) is 6.88. The van der Waals surface area contributed by atoms with Crippen LogP contribution in [0.15, 0.2) is 11.1 Å². The second kappa shape index (κ2) is 5.38. The van der Waals surface area contributed by atoms with E-state index in [9.17, 15) is 14.4 Å². The van der Waals surface area contributed by atoms with E-state index in [0.29, 0.717) is 24.8 Å². The summed E-state index contributed by atoms with van der Waals surface area (Å²) in [5.74, 6) is -1.30. The first-order chi connectivity index (χ1) is 9.48.